The fraction of sp³-hybridized carbons (Fsp3) is 0.857. The Morgan fingerprint density at radius 2 is 1.94 bits per heavy atom. The molecule has 1 saturated carbocycles. The van der Waals surface area contributed by atoms with Gasteiger partial charge in [0.1, 0.15) is 6.10 Å². The third-order valence-corrected chi connectivity index (χ3v) is 3.84. The van der Waals surface area contributed by atoms with Crippen LogP contribution in [0, 0.1) is 11.8 Å². The van der Waals surface area contributed by atoms with Crippen molar-refractivity contribution in [3.63, 3.8) is 0 Å². The predicted molar refractivity (Wildman–Crippen MR) is 67.2 cm³/mol. The normalized spacial score (nSPS) is 39.4. The maximum Gasteiger partial charge on any atom is 0.110 e. The number of hydrogen-bond donors (Lipinski definition) is 1. The van der Waals surface area contributed by atoms with E-state index in [9.17, 15) is 0 Å². The van der Waals surface area contributed by atoms with E-state index >= 15 is 0 Å². The standard InChI is InChI=1S/C14H25NO/c1-11-7-12(2)9-13(8-11)15-10-14-5-3-4-6-16-14/h4,6,11-15H,3,5,7-10H2,1-2H3. The fourth-order valence-electron chi connectivity index (χ4n) is 3.15. The summed E-state index contributed by atoms with van der Waals surface area (Å²) in [5, 5.41) is 3.69. The molecule has 1 aliphatic carbocycles. The maximum atomic E-state index is 5.58. The molecule has 3 atom stereocenters. The number of nitrogens with one attached hydrogen (secondary N) is 1. The summed E-state index contributed by atoms with van der Waals surface area (Å²) in [4.78, 5) is 0. The molecular formula is C14H25NO. The minimum Gasteiger partial charge on any atom is -0.497 e. The Morgan fingerprint density at radius 1 is 1.19 bits per heavy atom. The van der Waals surface area contributed by atoms with Gasteiger partial charge >= 0.3 is 0 Å². The van der Waals surface area contributed by atoms with Gasteiger partial charge in [-0.3, -0.25) is 0 Å². The summed E-state index contributed by atoms with van der Waals surface area (Å²) in [5.41, 5.74) is 0. The summed E-state index contributed by atoms with van der Waals surface area (Å²) in [7, 11) is 0. The summed E-state index contributed by atoms with van der Waals surface area (Å²) >= 11 is 0. The van der Waals surface area contributed by atoms with Crippen molar-refractivity contribution in [2.75, 3.05) is 6.54 Å². The summed E-state index contributed by atoms with van der Waals surface area (Å²) in [6.07, 6.45) is 10.8. The zero-order valence-corrected chi connectivity index (χ0v) is 10.6. The zero-order chi connectivity index (χ0) is 11.4. The first-order chi connectivity index (χ1) is 7.74. The molecule has 0 amide bonds. The second kappa shape index (κ2) is 5.72. The minimum absolute atomic E-state index is 0.400. The molecule has 2 rings (SSSR count). The third kappa shape index (κ3) is 3.51. The van der Waals surface area contributed by atoms with Crippen LogP contribution in [0.5, 0.6) is 0 Å². The van der Waals surface area contributed by atoms with Gasteiger partial charge < -0.3 is 10.1 Å². The molecule has 0 aromatic rings. The maximum absolute atomic E-state index is 5.58. The van der Waals surface area contributed by atoms with Crippen LogP contribution in [0.15, 0.2) is 12.3 Å². The first-order valence-corrected chi connectivity index (χ1v) is 6.78. The number of rotatable bonds is 3. The van der Waals surface area contributed by atoms with E-state index in [1.54, 1.807) is 0 Å². The highest BCUT2D eigenvalue weighted by Crippen LogP contribution is 2.28. The Hall–Kier alpha value is -0.500. The van der Waals surface area contributed by atoms with E-state index in [4.69, 9.17) is 4.74 Å². The van der Waals surface area contributed by atoms with Crippen LogP contribution in [0.2, 0.25) is 0 Å². The summed E-state index contributed by atoms with van der Waals surface area (Å²) < 4.78 is 5.58. The molecule has 2 aliphatic rings. The van der Waals surface area contributed by atoms with Crippen molar-refractivity contribution in [1.29, 1.82) is 0 Å². The van der Waals surface area contributed by atoms with Gasteiger partial charge in [-0.25, -0.2) is 0 Å². The van der Waals surface area contributed by atoms with Gasteiger partial charge in [0.15, 0.2) is 0 Å². The zero-order valence-electron chi connectivity index (χ0n) is 10.6. The molecule has 1 heterocycles. The Labute approximate surface area is 99.4 Å². The molecule has 0 saturated heterocycles. The van der Waals surface area contributed by atoms with Crippen molar-refractivity contribution in [2.24, 2.45) is 11.8 Å². The molecule has 0 spiro atoms. The predicted octanol–water partition coefficient (Wildman–Crippen LogP) is 3.09. The molecule has 1 fully saturated rings. The summed E-state index contributed by atoms with van der Waals surface area (Å²) in [6.45, 7) is 5.78. The number of allylic oxidation sites excluding steroid dienone is 1. The average Bonchev–Trinajstić information content (AvgIpc) is 2.27. The molecule has 1 aliphatic heterocycles. The Bertz CT molecular complexity index is 229. The summed E-state index contributed by atoms with van der Waals surface area (Å²) in [5.74, 6) is 1.77. The van der Waals surface area contributed by atoms with Crippen molar-refractivity contribution < 1.29 is 4.74 Å². The molecule has 0 bridgehead atoms. The van der Waals surface area contributed by atoms with Crippen LogP contribution < -0.4 is 5.32 Å². The Morgan fingerprint density at radius 3 is 2.56 bits per heavy atom. The van der Waals surface area contributed by atoms with Crippen molar-refractivity contribution in [2.45, 2.75) is 58.1 Å². The van der Waals surface area contributed by atoms with Crippen LogP contribution in [-0.4, -0.2) is 18.7 Å². The fourth-order valence-corrected chi connectivity index (χ4v) is 3.15. The highest BCUT2D eigenvalue weighted by molar-refractivity contribution is 4.85. The van der Waals surface area contributed by atoms with Gasteiger partial charge in [-0.1, -0.05) is 13.8 Å². The van der Waals surface area contributed by atoms with Crippen LogP contribution in [0.1, 0.15) is 46.0 Å². The Balaban J connectivity index is 1.70. The van der Waals surface area contributed by atoms with E-state index in [1.807, 2.05) is 6.26 Å². The van der Waals surface area contributed by atoms with Gasteiger partial charge in [0.05, 0.1) is 6.26 Å². The lowest BCUT2D eigenvalue weighted by atomic mass is 9.80. The lowest BCUT2D eigenvalue weighted by Gasteiger charge is -2.33. The van der Waals surface area contributed by atoms with Crippen molar-refractivity contribution in [3.8, 4) is 0 Å². The van der Waals surface area contributed by atoms with E-state index in [1.165, 1.54) is 32.1 Å². The van der Waals surface area contributed by atoms with Gasteiger partial charge in [0.25, 0.3) is 0 Å². The molecule has 3 unspecified atom stereocenters. The average molecular weight is 223 g/mol. The summed E-state index contributed by atoms with van der Waals surface area (Å²) in [6, 6.07) is 0.716. The van der Waals surface area contributed by atoms with Crippen molar-refractivity contribution >= 4 is 0 Å². The quantitative estimate of drug-likeness (QED) is 0.794. The highest BCUT2D eigenvalue weighted by Gasteiger charge is 2.24. The Kier molecular flexibility index (Phi) is 4.28. The lowest BCUT2D eigenvalue weighted by molar-refractivity contribution is 0.112. The largest absolute Gasteiger partial charge is 0.497 e. The van der Waals surface area contributed by atoms with Crippen molar-refractivity contribution in [1.82, 2.24) is 5.32 Å². The van der Waals surface area contributed by atoms with Gasteiger partial charge in [-0.15, -0.1) is 0 Å². The van der Waals surface area contributed by atoms with Crippen LogP contribution >= 0.6 is 0 Å². The second-order valence-electron chi connectivity index (χ2n) is 5.73. The smallest absolute Gasteiger partial charge is 0.110 e. The van der Waals surface area contributed by atoms with E-state index in [0.29, 0.717) is 12.1 Å². The van der Waals surface area contributed by atoms with Gasteiger partial charge in [0.2, 0.25) is 0 Å². The monoisotopic (exact) mass is 223 g/mol. The van der Waals surface area contributed by atoms with Crippen LogP contribution in [0.4, 0.5) is 0 Å². The van der Waals surface area contributed by atoms with Crippen LogP contribution in [0.25, 0.3) is 0 Å². The molecule has 16 heavy (non-hydrogen) atoms. The van der Waals surface area contributed by atoms with Gasteiger partial charge in [0, 0.05) is 12.6 Å². The molecule has 0 radical (unpaired) electrons. The van der Waals surface area contributed by atoms with Gasteiger partial charge in [-0.2, -0.15) is 0 Å². The van der Waals surface area contributed by atoms with Gasteiger partial charge in [-0.05, 0) is 50.0 Å². The minimum atomic E-state index is 0.400. The van der Waals surface area contributed by atoms with Crippen LogP contribution in [0.3, 0.4) is 0 Å². The topological polar surface area (TPSA) is 21.3 Å². The number of hydrogen-bond acceptors (Lipinski definition) is 2. The van der Waals surface area contributed by atoms with E-state index < -0.39 is 0 Å². The molecule has 2 nitrogen and oxygen atoms in total. The molecule has 0 aromatic carbocycles. The van der Waals surface area contributed by atoms with E-state index in [0.717, 1.165) is 18.4 Å². The molecule has 1 N–H and O–H groups in total. The highest BCUT2D eigenvalue weighted by atomic mass is 16.5. The lowest BCUT2D eigenvalue weighted by Crippen LogP contribution is -2.40. The molecular weight excluding hydrogens is 198 g/mol. The molecule has 92 valence electrons. The van der Waals surface area contributed by atoms with Crippen LogP contribution in [-0.2, 0) is 4.74 Å². The van der Waals surface area contributed by atoms with Crippen molar-refractivity contribution in [3.05, 3.63) is 12.3 Å². The third-order valence-electron chi connectivity index (χ3n) is 3.84. The van der Waals surface area contributed by atoms with E-state index in [2.05, 4.69) is 25.2 Å². The molecule has 0 aromatic heterocycles. The number of ether oxygens (including phenoxy) is 1. The first kappa shape index (κ1) is 12.0. The second-order valence-corrected chi connectivity index (χ2v) is 5.73. The SMILES string of the molecule is CC1CC(C)CC(NCC2CCC=CO2)C1. The first-order valence-electron chi connectivity index (χ1n) is 6.78. The van der Waals surface area contributed by atoms with E-state index in [-0.39, 0.29) is 0 Å². The molecule has 2 heteroatoms.